The first kappa shape index (κ1) is 16.0. The van der Waals surface area contributed by atoms with Crippen LogP contribution in [0.5, 0.6) is 0 Å². The summed E-state index contributed by atoms with van der Waals surface area (Å²) in [6.07, 6.45) is 1.94. The summed E-state index contributed by atoms with van der Waals surface area (Å²) >= 11 is 4.36. The number of Topliss-reactive ketones (excluding diaryl/α,β-unsaturated/α-hetero) is 1. The van der Waals surface area contributed by atoms with Crippen LogP contribution >= 0.6 is 34.9 Å². The molecule has 5 nitrogen and oxygen atoms in total. The number of aromatic nitrogens is 2. The number of anilines is 1. The number of amides is 1. The second-order valence-electron chi connectivity index (χ2n) is 4.01. The van der Waals surface area contributed by atoms with Gasteiger partial charge in [0.2, 0.25) is 5.91 Å². The molecule has 0 spiro atoms. The lowest BCUT2D eigenvalue weighted by Gasteiger charge is -2.04. The second-order valence-corrected chi connectivity index (χ2v) is 7.26. The van der Waals surface area contributed by atoms with E-state index in [0.717, 1.165) is 8.68 Å². The SMILES string of the molecule is CSc1nnc(SCC(=O)Nc2ccc(C(C)=O)cc2)s1. The first-order valence-electron chi connectivity index (χ1n) is 5.99. The number of nitrogens with one attached hydrogen (secondary N) is 1. The van der Waals surface area contributed by atoms with Crippen LogP contribution in [-0.4, -0.2) is 33.9 Å². The molecule has 1 aromatic heterocycles. The molecule has 21 heavy (non-hydrogen) atoms. The van der Waals surface area contributed by atoms with Gasteiger partial charge in [0.25, 0.3) is 0 Å². The molecule has 0 fully saturated rings. The molecule has 0 aliphatic heterocycles. The van der Waals surface area contributed by atoms with Gasteiger partial charge in [-0.3, -0.25) is 9.59 Å². The summed E-state index contributed by atoms with van der Waals surface area (Å²) in [7, 11) is 0. The van der Waals surface area contributed by atoms with Crippen molar-refractivity contribution in [2.24, 2.45) is 0 Å². The zero-order valence-electron chi connectivity index (χ0n) is 11.5. The zero-order valence-corrected chi connectivity index (χ0v) is 13.9. The number of carbonyl (C=O) groups is 2. The highest BCUT2D eigenvalue weighted by atomic mass is 32.2. The molecule has 0 aliphatic carbocycles. The smallest absolute Gasteiger partial charge is 0.234 e. The molecule has 1 amide bonds. The van der Waals surface area contributed by atoms with Crippen LogP contribution in [-0.2, 0) is 4.79 Å². The molecule has 0 atom stereocenters. The van der Waals surface area contributed by atoms with Crippen molar-refractivity contribution in [3.05, 3.63) is 29.8 Å². The zero-order chi connectivity index (χ0) is 15.2. The molecule has 1 N–H and O–H groups in total. The minimum Gasteiger partial charge on any atom is -0.325 e. The molecular weight excluding hydrogens is 326 g/mol. The van der Waals surface area contributed by atoms with E-state index in [9.17, 15) is 9.59 Å². The van der Waals surface area contributed by atoms with Crippen molar-refractivity contribution in [2.45, 2.75) is 15.6 Å². The largest absolute Gasteiger partial charge is 0.325 e. The van der Waals surface area contributed by atoms with E-state index in [1.54, 1.807) is 24.3 Å². The quantitative estimate of drug-likeness (QED) is 0.644. The van der Waals surface area contributed by atoms with Gasteiger partial charge < -0.3 is 5.32 Å². The lowest BCUT2D eigenvalue weighted by atomic mass is 10.1. The summed E-state index contributed by atoms with van der Waals surface area (Å²) in [6, 6.07) is 6.83. The number of hydrogen-bond donors (Lipinski definition) is 1. The average molecular weight is 339 g/mol. The maximum atomic E-state index is 11.8. The summed E-state index contributed by atoms with van der Waals surface area (Å²) in [5.74, 6) is 0.165. The van der Waals surface area contributed by atoms with E-state index < -0.39 is 0 Å². The molecular formula is C13H13N3O2S3. The maximum absolute atomic E-state index is 11.8. The van der Waals surface area contributed by atoms with Gasteiger partial charge in [-0.1, -0.05) is 34.9 Å². The van der Waals surface area contributed by atoms with Crippen LogP contribution in [0.1, 0.15) is 17.3 Å². The molecule has 0 saturated heterocycles. The highest BCUT2D eigenvalue weighted by molar-refractivity contribution is 8.03. The van der Waals surface area contributed by atoms with Gasteiger partial charge in [0, 0.05) is 11.3 Å². The lowest BCUT2D eigenvalue weighted by Crippen LogP contribution is -2.14. The van der Waals surface area contributed by atoms with Crippen LogP contribution < -0.4 is 5.32 Å². The van der Waals surface area contributed by atoms with Crippen molar-refractivity contribution < 1.29 is 9.59 Å². The Balaban J connectivity index is 1.85. The third-order valence-corrected chi connectivity index (χ3v) is 5.50. The van der Waals surface area contributed by atoms with Gasteiger partial charge in [0.05, 0.1) is 5.75 Å². The van der Waals surface area contributed by atoms with Gasteiger partial charge in [-0.05, 0) is 37.4 Å². The second kappa shape index (κ2) is 7.58. The van der Waals surface area contributed by atoms with Crippen molar-refractivity contribution in [1.29, 1.82) is 0 Å². The summed E-state index contributed by atoms with van der Waals surface area (Å²) < 4.78 is 1.67. The monoisotopic (exact) mass is 339 g/mol. The van der Waals surface area contributed by atoms with Crippen LogP contribution in [0.25, 0.3) is 0 Å². The molecule has 0 radical (unpaired) electrons. The fraction of sp³-hybridized carbons (Fsp3) is 0.231. The van der Waals surface area contributed by atoms with Crippen molar-refractivity contribution in [3.8, 4) is 0 Å². The van der Waals surface area contributed by atoms with Gasteiger partial charge in [-0.15, -0.1) is 10.2 Å². The third kappa shape index (κ3) is 4.83. The predicted octanol–water partition coefficient (Wildman–Crippen LogP) is 3.19. The van der Waals surface area contributed by atoms with Gasteiger partial charge in [0.1, 0.15) is 0 Å². The average Bonchev–Trinajstić information content (AvgIpc) is 2.94. The molecule has 1 heterocycles. The minimum absolute atomic E-state index is 0.00398. The topological polar surface area (TPSA) is 72.0 Å². The van der Waals surface area contributed by atoms with Crippen LogP contribution in [0.3, 0.4) is 0 Å². The number of hydrogen-bond acceptors (Lipinski definition) is 7. The van der Waals surface area contributed by atoms with E-state index in [1.807, 2.05) is 6.26 Å². The third-order valence-electron chi connectivity index (χ3n) is 2.46. The number of thioether (sulfide) groups is 2. The Morgan fingerprint density at radius 3 is 2.43 bits per heavy atom. The van der Waals surface area contributed by atoms with E-state index in [2.05, 4.69) is 15.5 Å². The van der Waals surface area contributed by atoms with E-state index in [0.29, 0.717) is 11.3 Å². The number of nitrogens with zero attached hydrogens (tertiary/aromatic N) is 2. The van der Waals surface area contributed by atoms with Crippen LogP contribution in [0, 0.1) is 0 Å². The Labute approximate surface area is 134 Å². The number of carbonyl (C=O) groups excluding carboxylic acids is 2. The number of rotatable bonds is 6. The first-order valence-corrected chi connectivity index (χ1v) is 9.02. The summed E-state index contributed by atoms with van der Waals surface area (Å²) in [5.41, 5.74) is 1.30. The molecule has 8 heteroatoms. The Kier molecular flexibility index (Phi) is 5.77. The maximum Gasteiger partial charge on any atom is 0.234 e. The molecule has 110 valence electrons. The van der Waals surface area contributed by atoms with E-state index in [4.69, 9.17) is 0 Å². The highest BCUT2D eigenvalue weighted by Crippen LogP contribution is 2.27. The first-order chi connectivity index (χ1) is 10.1. The predicted molar refractivity (Wildman–Crippen MR) is 87.5 cm³/mol. The highest BCUT2D eigenvalue weighted by Gasteiger charge is 2.08. The standard InChI is InChI=1S/C13H13N3O2S3/c1-8(17)9-3-5-10(6-4-9)14-11(18)7-20-13-16-15-12(19-2)21-13/h3-6H,7H2,1-2H3,(H,14,18). The number of benzene rings is 1. The molecule has 2 aromatic rings. The summed E-state index contributed by atoms with van der Waals surface area (Å²) in [6.45, 7) is 1.51. The van der Waals surface area contributed by atoms with Gasteiger partial charge in [0.15, 0.2) is 14.5 Å². The van der Waals surface area contributed by atoms with Crippen LogP contribution in [0.2, 0.25) is 0 Å². The summed E-state index contributed by atoms with van der Waals surface area (Å²) in [4.78, 5) is 23.0. The molecule has 0 unspecified atom stereocenters. The molecule has 0 saturated carbocycles. The van der Waals surface area contributed by atoms with Gasteiger partial charge in [-0.25, -0.2) is 0 Å². The van der Waals surface area contributed by atoms with E-state index >= 15 is 0 Å². The van der Waals surface area contributed by atoms with Crippen molar-refractivity contribution >= 4 is 52.2 Å². The Morgan fingerprint density at radius 1 is 1.19 bits per heavy atom. The van der Waals surface area contributed by atoms with E-state index in [-0.39, 0.29) is 17.4 Å². The van der Waals surface area contributed by atoms with Crippen LogP contribution in [0.4, 0.5) is 5.69 Å². The molecule has 0 bridgehead atoms. The van der Waals surface area contributed by atoms with Gasteiger partial charge >= 0.3 is 0 Å². The number of ketones is 1. The summed E-state index contributed by atoms with van der Waals surface area (Å²) in [5, 5.41) is 10.7. The molecule has 1 aromatic carbocycles. The minimum atomic E-state index is -0.114. The van der Waals surface area contributed by atoms with Gasteiger partial charge in [-0.2, -0.15) is 0 Å². The van der Waals surface area contributed by atoms with Crippen molar-refractivity contribution in [1.82, 2.24) is 10.2 Å². The Hall–Kier alpha value is -1.38. The fourth-order valence-corrected chi connectivity index (χ4v) is 3.69. The molecule has 2 rings (SSSR count). The van der Waals surface area contributed by atoms with Crippen LogP contribution in [0.15, 0.2) is 32.9 Å². The van der Waals surface area contributed by atoms with E-state index in [1.165, 1.54) is 41.8 Å². The normalized spacial score (nSPS) is 10.4. The Bertz CT molecular complexity index is 640. The fourth-order valence-electron chi connectivity index (χ4n) is 1.45. The van der Waals surface area contributed by atoms with Crippen molar-refractivity contribution in [2.75, 3.05) is 17.3 Å². The van der Waals surface area contributed by atoms with Crippen molar-refractivity contribution in [3.63, 3.8) is 0 Å². The Morgan fingerprint density at radius 2 is 1.86 bits per heavy atom. The lowest BCUT2D eigenvalue weighted by molar-refractivity contribution is -0.113. The molecule has 0 aliphatic rings.